The van der Waals surface area contributed by atoms with Crippen LogP contribution < -0.4 is 0 Å². The Morgan fingerprint density at radius 1 is 0.833 bits per heavy atom. The lowest BCUT2D eigenvalue weighted by molar-refractivity contribution is -0.138. The van der Waals surface area contributed by atoms with Gasteiger partial charge in [0, 0.05) is 6.42 Å². The summed E-state index contributed by atoms with van der Waals surface area (Å²) in [7, 11) is 0. The van der Waals surface area contributed by atoms with Crippen LogP contribution in [0.3, 0.4) is 0 Å². The smallest absolute Gasteiger partial charge is 0.303 e. The van der Waals surface area contributed by atoms with Crippen LogP contribution in [0.1, 0.15) is 90.9 Å². The Bertz CT molecular complexity index is 190. The lowest BCUT2D eigenvalue weighted by atomic mass is 9.92. The first-order valence-corrected chi connectivity index (χ1v) is 7.92. The Hall–Kier alpha value is -0.530. The van der Waals surface area contributed by atoms with Crippen LogP contribution in [0, 0.1) is 5.92 Å². The van der Waals surface area contributed by atoms with E-state index >= 15 is 0 Å². The molecule has 0 aromatic carbocycles. The minimum Gasteiger partial charge on any atom is -0.481 e. The first-order valence-electron chi connectivity index (χ1n) is 7.92. The summed E-state index contributed by atoms with van der Waals surface area (Å²) in [4.78, 5) is 10.8. The van der Waals surface area contributed by atoms with E-state index in [1.165, 1.54) is 57.8 Å². The number of hydrogen-bond acceptors (Lipinski definition) is 1. The highest BCUT2D eigenvalue weighted by Crippen LogP contribution is 2.21. The van der Waals surface area contributed by atoms with E-state index in [4.69, 9.17) is 5.11 Å². The maximum absolute atomic E-state index is 10.8. The molecule has 0 amide bonds. The molecule has 0 aliphatic carbocycles. The minimum absolute atomic E-state index is 0.375. The lowest BCUT2D eigenvalue weighted by Crippen LogP contribution is -2.08. The molecule has 0 saturated heterocycles. The number of unbranched alkanes of at least 4 members (excludes halogenated alkanes) is 7. The summed E-state index contributed by atoms with van der Waals surface area (Å²) in [6.45, 7) is 4.43. The summed E-state index contributed by atoms with van der Waals surface area (Å²) in [6.07, 6.45) is 14.0. The van der Waals surface area contributed by atoms with Crippen molar-refractivity contribution in [2.24, 2.45) is 5.92 Å². The monoisotopic (exact) mass is 256 g/mol. The Morgan fingerprint density at radius 2 is 1.28 bits per heavy atom. The molecular weight excluding hydrogens is 224 g/mol. The van der Waals surface area contributed by atoms with Gasteiger partial charge in [0.2, 0.25) is 0 Å². The van der Waals surface area contributed by atoms with Gasteiger partial charge in [-0.25, -0.2) is 0 Å². The number of hydrogen-bond donors (Lipinski definition) is 1. The SMILES string of the molecule is CCCCCCC[C@H](CCCCCC)CC(=O)O. The van der Waals surface area contributed by atoms with Crippen molar-refractivity contribution < 1.29 is 9.90 Å². The van der Waals surface area contributed by atoms with Crippen molar-refractivity contribution in [2.75, 3.05) is 0 Å². The summed E-state index contributed by atoms with van der Waals surface area (Å²) >= 11 is 0. The van der Waals surface area contributed by atoms with E-state index < -0.39 is 5.97 Å². The molecule has 2 heteroatoms. The minimum atomic E-state index is -0.621. The Labute approximate surface area is 113 Å². The van der Waals surface area contributed by atoms with E-state index in [0.717, 1.165) is 12.8 Å². The van der Waals surface area contributed by atoms with Crippen LogP contribution in [-0.4, -0.2) is 11.1 Å². The summed E-state index contributed by atoms with van der Waals surface area (Å²) in [5, 5.41) is 8.93. The molecule has 108 valence electrons. The second kappa shape index (κ2) is 12.9. The van der Waals surface area contributed by atoms with Crippen LogP contribution in [-0.2, 0) is 4.79 Å². The van der Waals surface area contributed by atoms with Gasteiger partial charge in [-0.05, 0) is 18.8 Å². The van der Waals surface area contributed by atoms with Crippen molar-refractivity contribution in [3.63, 3.8) is 0 Å². The van der Waals surface area contributed by atoms with Crippen molar-refractivity contribution >= 4 is 5.97 Å². The van der Waals surface area contributed by atoms with Gasteiger partial charge in [0.15, 0.2) is 0 Å². The number of carbonyl (C=O) groups is 1. The van der Waals surface area contributed by atoms with Gasteiger partial charge in [0.25, 0.3) is 0 Å². The molecule has 1 N–H and O–H groups in total. The predicted molar refractivity (Wildman–Crippen MR) is 77.9 cm³/mol. The van der Waals surface area contributed by atoms with Gasteiger partial charge in [-0.3, -0.25) is 4.79 Å². The molecule has 0 spiro atoms. The van der Waals surface area contributed by atoms with Crippen LogP contribution in [0.15, 0.2) is 0 Å². The zero-order chi connectivity index (χ0) is 13.6. The second-order valence-electron chi connectivity index (χ2n) is 5.52. The molecule has 0 aliphatic rings. The summed E-state index contributed by atoms with van der Waals surface area (Å²) in [6, 6.07) is 0. The fourth-order valence-electron chi connectivity index (χ4n) is 2.49. The normalized spacial score (nSPS) is 12.6. The van der Waals surface area contributed by atoms with Crippen molar-refractivity contribution in [3.8, 4) is 0 Å². The molecule has 0 fully saturated rings. The molecule has 1 atom stereocenters. The van der Waals surface area contributed by atoms with Gasteiger partial charge in [0.05, 0.1) is 0 Å². The van der Waals surface area contributed by atoms with Gasteiger partial charge in [-0.1, -0.05) is 71.6 Å². The molecule has 0 rings (SSSR count). The van der Waals surface area contributed by atoms with Gasteiger partial charge in [0.1, 0.15) is 0 Å². The quantitative estimate of drug-likeness (QED) is 0.447. The van der Waals surface area contributed by atoms with Crippen LogP contribution in [0.5, 0.6) is 0 Å². The molecule has 0 unspecified atom stereocenters. The van der Waals surface area contributed by atoms with Crippen LogP contribution in [0.2, 0.25) is 0 Å². The zero-order valence-corrected chi connectivity index (χ0v) is 12.4. The summed E-state index contributed by atoms with van der Waals surface area (Å²) in [5.74, 6) is -0.204. The average molecular weight is 256 g/mol. The Balaban J connectivity index is 3.66. The fourth-order valence-corrected chi connectivity index (χ4v) is 2.49. The number of aliphatic carboxylic acids is 1. The van der Waals surface area contributed by atoms with Crippen molar-refractivity contribution in [3.05, 3.63) is 0 Å². The first kappa shape index (κ1) is 17.5. The topological polar surface area (TPSA) is 37.3 Å². The molecule has 0 aromatic heterocycles. The average Bonchev–Trinajstić information content (AvgIpc) is 2.33. The number of rotatable bonds is 13. The maximum Gasteiger partial charge on any atom is 0.303 e. The van der Waals surface area contributed by atoms with Crippen molar-refractivity contribution in [1.82, 2.24) is 0 Å². The lowest BCUT2D eigenvalue weighted by Gasteiger charge is -2.14. The maximum atomic E-state index is 10.8. The van der Waals surface area contributed by atoms with Crippen LogP contribution in [0.4, 0.5) is 0 Å². The third kappa shape index (κ3) is 11.9. The van der Waals surface area contributed by atoms with Gasteiger partial charge >= 0.3 is 5.97 Å². The third-order valence-corrected chi connectivity index (χ3v) is 3.65. The van der Waals surface area contributed by atoms with Crippen molar-refractivity contribution in [1.29, 1.82) is 0 Å². The highest BCUT2D eigenvalue weighted by atomic mass is 16.4. The highest BCUT2D eigenvalue weighted by Gasteiger charge is 2.12. The molecule has 18 heavy (non-hydrogen) atoms. The summed E-state index contributed by atoms with van der Waals surface area (Å²) in [5.41, 5.74) is 0. The molecule has 0 aliphatic heterocycles. The molecule has 0 radical (unpaired) electrons. The third-order valence-electron chi connectivity index (χ3n) is 3.65. The van der Waals surface area contributed by atoms with E-state index in [2.05, 4.69) is 13.8 Å². The standard InChI is InChI=1S/C16H32O2/c1-3-5-7-9-11-13-15(14-16(17)18)12-10-8-6-4-2/h15H,3-14H2,1-2H3,(H,17,18)/t15-/m0/s1. The second-order valence-corrected chi connectivity index (χ2v) is 5.52. The van der Waals surface area contributed by atoms with E-state index in [1.807, 2.05) is 0 Å². The van der Waals surface area contributed by atoms with E-state index in [0.29, 0.717) is 12.3 Å². The molecule has 0 saturated carbocycles. The van der Waals surface area contributed by atoms with Gasteiger partial charge in [-0.2, -0.15) is 0 Å². The largest absolute Gasteiger partial charge is 0.481 e. The number of carboxylic acid groups (broad SMARTS) is 1. The Morgan fingerprint density at radius 3 is 1.72 bits per heavy atom. The number of carboxylic acids is 1. The zero-order valence-electron chi connectivity index (χ0n) is 12.4. The van der Waals surface area contributed by atoms with E-state index in [1.54, 1.807) is 0 Å². The molecule has 2 nitrogen and oxygen atoms in total. The highest BCUT2D eigenvalue weighted by molar-refractivity contribution is 5.66. The van der Waals surface area contributed by atoms with Gasteiger partial charge in [-0.15, -0.1) is 0 Å². The Kier molecular flexibility index (Phi) is 12.5. The molecule has 0 bridgehead atoms. The molecular formula is C16H32O2. The molecule has 0 heterocycles. The summed E-state index contributed by atoms with van der Waals surface area (Å²) < 4.78 is 0. The fraction of sp³-hybridized carbons (Fsp3) is 0.938. The molecule has 0 aromatic rings. The van der Waals surface area contributed by atoms with E-state index in [9.17, 15) is 4.79 Å². The van der Waals surface area contributed by atoms with Gasteiger partial charge < -0.3 is 5.11 Å². The van der Waals surface area contributed by atoms with E-state index in [-0.39, 0.29) is 0 Å². The van der Waals surface area contributed by atoms with Crippen molar-refractivity contribution in [2.45, 2.75) is 90.9 Å². The first-order chi connectivity index (χ1) is 8.70. The van der Waals surface area contributed by atoms with Crippen LogP contribution >= 0.6 is 0 Å². The predicted octanol–water partition coefficient (Wildman–Crippen LogP) is 5.41. The van der Waals surface area contributed by atoms with Crippen LogP contribution in [0.25, 0.3) is 0 Å².